The standard InChI is InChI=1S/C18H37NO/c1-17(2,3)11-16(20)13-19-12-14-7-9-15(10-8-14)18(4,5)6/h14-16,19-20H,7-13H2,1-6H3. The minimum Gasteiger partial charge on any atom is -0.392 e. The highest BCUT2D eigenvalue weighted by Gasteiger charge is 2.29. The van der Waals surface area contributed by atoms with Crippen molar-refractivity contribution in [3.05, 3.63) is 0 Å². The van der Waals surface area contributed by atoms with Crippen LogP contribution in [0.25, 0.3) is 0 Å². The van der Waals surface area contributed by atoms with Crippen LogP contribution in [0.2, 0.25) is 0 Å². The highest BCUT2D eigenvalue weighted by molar-refractivity contribution is 4.81. The molecule has 20 heavy (non-hydrogen) atoms. The smallest absolute Gasteiger partial charge is 0.0669 e. The Morgan fingerprint density at radius 3 is 2.00 bits per heavy atom. The van der Waals surface area contributed by atoms with E-state index in [2.05, 4.69) is 46.9 Å². The second kappa shape index (κ2) is 7.26. The van der Waals surface area contributed by atoms with Crippen molar-refractivity contribution in [1.29, 1.82) is 0 Å². The maximum atomic E-state index is 10.0. The van der Waals surface area contributed by atoms with Crippen LogP contribution in [0.15, 0.2) is 0 Å². The Kier molecular flexibility index (Phi) is 6.53. The molecule has 0 saturated heterocycles. The Hall–Kier alpha value is -0.0800. The topological polar surface area (TPSA) is 32.3 Å². The van der Waals surface area contributed by atoms with E-state index in [1.807, 2.05) is 0 Å². The minimum absolute atomic E-state index is 0.207. The lowest BCUT2D eigenvalue weighted by Gasteiger charge is -2.37. The number of aliphatic hydroxyl groups excluding tert-OH is 1. The van der Waals surface area contributed by atoms with Crippen LogP contribution >= 0.6 is 0 Å². The monoisotopic (exact) mass is 283 g/mol. The lowest BCUT2D eigenvalue weighted by Crippen LogP contribution is -2.35. The molecule has 1 atom stereocenters. The first-order valence-electron chi connectivity index (χ1n) is 8.47. The average molecular weight is 284 g/mol. The molecule has 0 bridgehead atoms. The van der Waals surface area contributed by atoms with E-state index in [0.717, 1.165) is 31.3 Å². The van der Waals surface area contributed by atoms with Crippen molar-refractivity contribution in [2.45, 2.75) is 79.8 Å². The fourth-order valence-electron chi connectivity index (χ4n) is 3.47. The molecule has 0 spiro atoms. The summed E-state index contributed by atoms with van der Waals surface area (Å²) in [6.45, 7) is 15.5. The van der Waals surface area contributed by atoms with Gasteiger partial charge in [0.05, 0.1) is 6.10 Å². The molecule has 1 rings (SSSR count). The molecule has 0 aromatic heterocycles. The summed E-state index contributed by atoms with van der Waals surface area (Å²) in [5, 5.41) is 13.5. The number of nitrogens with one attached hydrogen (secondary N) is 1. The maximum absolute atomic E-state index is 10.0. The molecule has 0 heterocycles. The van der Waals surface area contributed by atoms with Gasteiger partial charge in [-0.2, -0.15) is 0 Å². The molecule has 1 aliphatic rings. The molecule has 2 N–H and O–H groups in total. The molecule has 1 fully saturated rings. The van der Waals surface area contributed by atoms with E-state index in [4.69, 9.17) is 0 Å². The molecule has 0 amide bonds. The van der Waals surface area contributed by atoms with Crippen LogP contribution in [0.3, 0.4) is 0 Å². The molecule has 0 aromatic carbocycles. The van der Waals surface area contributed by atoms with Gasteiger partial charge in [-0.05, 0) is 61.3 Å². The summed E-state index contributed by atoms with van der Waals surface area (Å²) in [5.41, 5.74) is 0.688. The number of hydrogen-bond acceptors (Lipinski definition) is 2. The van der Waals surface area contributed by atoms with Crippen molar-refractivity contribution in [2.24, 2.45) is 22.7 Å². The summed E-state index contributed by atoms with van der Waals surface area (Å²) in [7, 11) is 0. The molecule has 2 nitrogen and oxygen atoms in total. The first-order chi connectivity index (χ1) is 9.08. The van der Waals surface area contributed by atoms with Gasteiger partial charge < -0.3 is 10.4 Å². The van der Waals surface area contributed by atoms with Gasteiger partial charge in [-0.15, -0.1) is 0 Å². The molecule has 0 aromatic rings. The van der Waals surface area contributed by atoms with Gasteiger partial charge in [0.15, 0.2) is 0 Å². The Labute approximate surface area is 126 Å². The average Bonchev–Trinajstić information content (AvgIpc) is 2.26. The third kappa shape index (κ3) is 7.08. The van der Waals surface area contributed by atoms with E-state index in [1.165, 1.54) is 25.7 Å². The molecule has 120 valence electrons. The molecular weight excluding hydrogens is 246 g/mol. The second-order valence-corrected chi connectivity index (χ2v) is 9.16. The van der Waals surface area contributed by atoms with Crippen LogP contribution in [0, 0.1) is 22.7 Å². The largest absolute Gasteiger partial charge is 0.392 e. The normalized spacial score (nSPS) is 26.6. The summed E-state index contributed by atoms with van der Waals surface area (Å²) >= 11 is 0. The molecular formula is C18H37NO. The molecule has 2 heteroatoms. The quantitative estimate of drug-likeness (QED) is 0.791. The van der Waals surface area contributed by atoms with Crippen molar-refractivity contribution in [1.82, 2.24) is 5.32 Å². The Morgan fingerprint density at radius 1 is 1.00 bits per heavy atom. The Bertz CT molecular complexity index is 266. The zero-order valence-corrected chi connectivity index (χ0v) is 14.6. The van der Waals surface area contributed by atoms with Gasteiger partial charge in [-0.1, -0.05) is 41.5 Å². The first-order valence-corrected chi connectivity index (χ1v) is 8.47. The van der Waals surface area contributed by atoms with Crippen LogP contribution in [0.4, 0.5) is 0 Å². The summed E-state index contributed by atoms with van der Waals surface area (Å²) < 4.78 is 0. The zero-order chi connectivity index (χ0) is 15.4. The van der Waals surface area contributed by atoms with E-state index < -0.39 is 0 Å². The molecule has 1 unspecified atom stereocenters. The van der Waals surface area contributed by atoms with Gasteiger partial charge in [0.25, 0.3) is 0 Å². The van der Waals surface area contributed by atoms with E-state index in [-0.39, 0.29) is 11.5 Å². The number of rotatable bonds is 5. The minimum atomic E-state index is -0.207. The Balaban J connectivity index is 2.16. The lowest BCUT2D eigenvalue weighted by atomic mass is 9.70. The van der Waals surface area contributed by atoms with E-state index in [0.29, 0.717) is 5.41 Å². The maximum Gasteiger partial charge on any atom is 0.0669 e. The van der Waals surface area contributed by atoms with Gasteiger partial charge in [-0.25, -0.2) is 0 Å². The second-order valence-electron chi connectivity index (χ2n) is 9.16. The van der Waals surface area contributed by atoms with Crippen LogP contribution < -0.4 is 5.32 Å². The van der Waals surface area contributed by atoms with Gasteiger partial charge in [-0.3, -0.25) is 0 Å². The number of hydrogen-bond donors (Lipinski definition) is 2. The predicted molar refractivity (Wildman–Crippen MR) is 87.9 cm³/mol. The van der Waals surface area contributed by atoms with E-state index in [9.17, 15) is 5.11 Å². The molecule has 1 aliphatic carbocycles. The van der Waals surface area contributed by atoms with Crippen LogP contribution in [-0.4, -0.2) is 24.3 Å². The highest BCUT2D eigenvalue weighted by atomic mass is 16.3. The first kappa shape index (κ1) is 18.0. The van der Waals surface area contributed by atoms with Crippen LogP contribution in [0.5, 0.6) is 0 Å². The van der Waals surface area contributed by atoms with E-state index >= 15 is 0 Å². The van der Waals surface area contributed by atoms with Gasteiger partial charge >= 0.3 is 0 Å². The molecule has 1 saturated carbocycles. The van der Waals surface area contributed by atoms with Gasteiger partial charge in [0, 0.05) is 6.54 Å². The summed E-state index contributed by atoms with van der Waals surface area (Å²) in [6.07, 6.45) is 6.12. The van der Waals surface area contributed by atoms with Crippen LogP contribution in [0.1, 0.15) is 73.6 Å². The molecule has 0 radical (unpaired) electrons. The van der Waals surface area contributed by atoms with Crippen molar-refractivity contribution in [3.8, 4) is 0 Å². The van der Waals surface area contributed by atoms with Gasteiger partial charge in [0.1, 0.15) is 0 Å². The third-order valence-electron chi connectivity index (χ3n) is 4.73. The highest BCUT2D eigenvalue weighted by Crippen LogP contribution is 2.39. The third-order valence-corrected chi connectivity index (χ3v) is 4.73. The van der Waals surface area contributed by atoms with Gasteiger partial charge in [0.2, 0.25) is 0 Å². The Morgan fingerprint density at radius 2 is 1.55 bits per heavy atom. The SMILES string of the molecule is CC(C)(C)CC(O)CNCC1CCC(C(C)(C)C)CC1. The molecule has 0 aliphatic heterocycles. The number of aliphatic hydroxyl groups is 1. The van der Waals surface area contributed by atoms with Crippen molar-refractivity contribution >= 4 is 0 Å². The zero-order valence-electron chi connectivity index (χ0n) is 14.6. The summed E-state index contributed by atoms with van der Waals surface area (Å²) in [6, 6.07) is 0. The fraction of sp³-hybridized carbons (Fsp3) is 1.00. The van der Waals surface area contributed by atoms with Crippen molar-refractivity contribution in [3.63, 3.8) is 0 Å². The van der Waals surface area contributed by atoms with E-state index in [1.54, 1.807) is 0 Å². The fourth-order valence-corrected chi connectivity index (χ4v) is 3.47. The summed E-state index contributed by atoms with van der Waals surface area (Å²) in [4.78, 5) is 0. The van der Waals surface area contributed by atoms with Crippen molar-refractivity contribution in [2.75, 3.05) is 13.1 Å². The van der Waals surface area contributed by atoms with Crippen LogP contribution in [-0.2, 0) is 0 Å². The predicted octanol–water partition coefficient (Wildman–Crippen LogP) is 4.23. The summed E-state index contributed by atoms with van der Waals surface area (Å²) in [5.74, 6) is 1.71. The lowest BCUT2D eigenvalue weighted by molar-refractivity contribution is 0.114. The van der Waals surface area contributed by atoms with Crippen molar-refractivity contribution < 1.29 is 5.11 Å².